The van der Waals surface area contributed by atoms with Gasteiger partial charge >= 0.3 is 0 Å². The molecule has 14 heteroatoms. The standard InChI is InChI=1S/C87H155NO13/c1-3-5-7-9-11-13-15-17-19-21-23-25-27-29-31-33-34-35-36-37-38-39-40-41-42-43-45-47-49-51-53-55-57-59-61-63-65-67-69-71-79(92)88-75(74-98-86-84(97)82(95)85(78(73-90)100-86)101-87-83(96)81(94)80(93)77(72-89)99-87)76(91)70-68-66-64-62-60-58-56-54-52-50-48-46-44-32-30-28-26-24-22-20-18-16-14-12-10-8-6-4-2/h5,7,11,13,17,19,23,25,29,31,34-35,37-38,40-41,75-78,80-87,89-91,93-97H,3-4,6,8-10,12,14-16,18,20-22,24,26-28,30,32-33,36,39,42-74H2,1-2H3,(H,88,92)/b7-5-,13-11-,19-17-,25-23-,31-29-,35-34-,38-37-,41-40-. The number of aliphatic hydroxyl groups excluding tert-OH is 8. The average molecular weight is 1420 g/mol. The van der Waals surface area contributed by atoms with Gasteiger partial charge in [0.25, 0.3) is 0 Å². The van der Waals surface area contributed by atoms with Gasteiger partial charge in [-0.2, -0.15) is 0 Å². The maximum Gasteiger partial charge on any atom is 0.220 e. The van der Waals surface area contributed by atoms with E-state index in [1.54, 1.807) is 0 Å². The normalized spacial score (nSPS) is 22.2. The Morgan fingerprint density at radius 3 is 1.05 bits per heavy atom. The minimum atomic E-state index is -1.79. The summed E-state index contributed by atoms with van der Waals surface area (Å²) in [4.78, 5) is 13.4. The molecule has 586 valence electrons. The summed E-state index contributed by atoms with van der Waals surface area (Å²) in [6.45, 7) is 2.80. The van der Waals surface area contributed by atoms with Crippen LogP contribution in [0.3, 0.4) is 0 Å². The number of rotatable bonds is 70. The molecule has 14 nitrogen and oxygen atoms in total. The fraction of sp³-hybridized carbons (Fsp3) is 0.805. The zero-order valence-electron chi connectivity index (χ0n) is 64.4. The van der Waals surface area contributed by atoms with Gasteiger partial charge in [0.05, 0.1) is 32.0 Å². The quantitative estimate of drug-likeness (QED) is 0.0204. The van der Waals surface area contributed by atoms with E-state index in [0.717, 1.165) is 103 Å². The SMILES string of the molecule is CC/C=C\C/C=C\C/C=C\C/C=C\C/C=C\C/C=C\C/C=C\C/C=C\CCCCCCCCCCCCCCCCC(=O)NC(COC1OC(CO)C(OC2OC(CO)C(O)C(O)C2O)C(O)C1O)C(O)CCCCCCCCCCCCCCCCCCCCCCCCCCCCCC. The highest BCUT2D eigenvalue weighted by Crippen LogP contribution is 2.30. The molecule has 2 fully saturated rings. The van der Waals surface area contributed by atoms with Crippen molar-refractivity contribution in [3.63, 3.8) is 0 Å². The molecule has 2 heterocycles. The molecule has 101 heavy (non-hydrogen) atoms. The van der Waals surface area contributed by atoms with Gasteiger partial charge in [-0.3, -0.25) is 4.79 Å². The van der Waals surface area contributed by atoms with E-state index in [4.69, 9.17) is 18.9 Å². The molecular formula is C87H155NO13. The van der Waals surface area contributed by atoms with Gasteiger partial charge in [0.1, 0.15) is 48.8 Å². The summed E-state index contributed by atoms with van der Waals surface area (Å²) < 4.78 is 23.0. The van der Waals surface area contributed by atoms with Crippen molar-refractivity contribution in [1.29, 1.82) is 0 Å². The molecule has 1 amide bonds. The lowest BCUT2D eigenvalue weighted by Gasteiger charge is -2.46. The molecule has 0 aliphatic carbocycles. The van der Waals surface area contributed by atoms with Gasteiger partial charge in [-0.1, -0.05) is 368 Å². The van der Waals surface area contributed by atoms with Gasteiger partial charge in [0.2, 0.25) is 5.91 Å². The minimum absolute atomic E-state index is 0.205. The summed E-state index contributed by atoms with van der Waals surface area (Å²) in [5.74, 6) is -0.205. The maximum atomic E-state index is 13.4. The van der Waals surface area contributed by atoms with Crippen LogP contribution in [0.2, 0.25) is 0 Å². The van der Waals surface area contributed by atoms with Crippen molar-refractivity contribution < 1.29 is 64.6 Å². The van der Waals surface area contributed by atoms with Gasteiger partial charge in [0.15, 0.2) is 12.6 Å². The predicted molar refractivity (Wildman–Crippen MR) is 419 cm³/mol. The second-order valence-corrected chi connectivity index (χ2v) is 29.2. The first-order valence-electron chi connectivity index (χ1n) is 42.0. The van der Waals surface area contributed by atoms with Crippen LogP contribution in [0.5, 0.6) is 0 Å². The zero-order valence-corrected chi connectivity index (χ0v) is 64.4. The van der Waals surface area contributed by atoms with E-state index >= 15 is 0 Å². The van der Waals surface area contributed by atoms with E-state index in [1.165, 1.54) is 225 Å². The number of hydrogen-bond acceptors (Lipinski definition) is 13. The molecule has 0 saturated carbocycles. The fourth-order valence-corrected chi connectivity index (χ4v) is 13.5. The van der Waals surface area contributed by atoms with Gasteiger partial charge in [-0.05, 0) is 77.0 Å². The van der Waals surface area contributed by atoms with Gasteiger partial charge < -0.3 is 65.1 Å². The van der Waals surface area contributed by atoms with Gasteiger partial charge in [0, 0.05) is 6.42 Å². The van der Waals surface area contributed by atoms with Crippen molar-refractivity contribution in [3.8, 4) is 0 Å². The summed E-state index contributed by atoms with van der Waals surface area (Å²) in [7, 11) is 0. The third kappa shape index (κ3) is 52.5. The molecule has 0 radical (unpaired) electrons. The topological polar surface area (TPSA) is 228 Å². The Labute approximate surface area is 617 Å². The molecule has 0 aromatic rings. The Kier molecular flexibility index (Phi) is 65.1. The minimum Gasteiger partial charge on any atom is -0.394 e. The molecule has 2 rings (SSSR count). The molecule has 2 saturated heterocycles. The summed E-state index contributed by atoms with van der Waals surface area (Å²) >= 11 is 0. The summed E-state index contributed by atoms with van der Waals surface area (Å²) in [6.07, 6.45) is 83.0. The molecule has 12 atom stereocenters. The number of carbonyl (C=O) groups excluding carboxylic acids is 1. The van der Waals surface area contributed by atoms with Crippen LogP contribution < -0.4 is 5.32 Å². The van der Waals surface area contributed by atoms with Crippen molar-refractivity contribution in [2.24, 2.45) is 0 Å². The Balaban J connectivity index is 1.59. The number of nitrogens with one attached hydrogen (secondary N) is 1. The van der Waals surface area contributed by atoms with Crippen LogP contribution in [-0.4, -0.2) is 140 Å². The smallest absolute Gasteiger partial charge is 0.220 e. The molecule has 0 aromatic heterocycles. The molecule has 0 spiro atoms. The van der Waals surface area contributed by atoms with Gasteiger partial charge in [-0.25, -0.2) is 0 Å². The van der Waals surface area contributed by atoms with Crippen molar-refractivity contribution in [2.75, 3.05) is 19.8 Å². The summed E-state index contributed by atoms with van der Waals surface area (Å²) in [6, 6.07) is -0.836. The molecule has 0 bridgehead atoms. The van der Waals surface area contributed by atoms with E-state index in [0.29, 0.717) is 12.8 Å². The first kappa shape index (κ1) is 94.0. The third-order valence-electron chi connectivity index (χ3n) is 20.1. The van der Waals surface area contributed by atoms with E-state index in [1.807, 2.05) is 0 Å². The van der Waals surface area contributed by atoms with Crippen molar-refractivity contribution in [3.05, 3.63) is 97.2 Å². The highest BCUT2D eigenvalue weighted by molar-refractivity contribution is 5.76. The first-order chi connectivity index (χ1) is 49.6. The van der Waals surface area contributed by atoms with E-state index < -0.39 is 86.8 Å². The van der Waals surface area contributed by atoms with E-state index in [2.05, 4.69) is 116 Å². The van der Waals surface area contributed by atoms with Crippen molar-refractivity contribution >= 4 is 5.91 Å². The lowest BCUT2D eigenvalue weighted by molar-refractivity contribution is -0.359. The Morgan fingerprint density at radius 1 is 0.366 bits per heavy atom. The van der Waals surface area contributed by atoms with Crippen LogP contribution in [0.15, 0.2) is 97.2 Å². The van der Waals surface area contributed by atoms with Crippen LogP contribution in [0.1, 0.15) is 354 Å². The average Bonchev–Trinajstić information content (AvgIpc) is 0.790. The number of unbranched alkanes of at least 4 members (excludes halogenated alkanes) is 41. The van der Waals surface area contributed by atoms with Crippen molar-refractivity contribution in [1.82, 2.24) is 5.32 Å². The molecule has 9 N–H and O–H groups in total. The largest absolute Gasteiger partial charge is 0.394 e. The predicted octanol–water partition coefficient (Wildman–Crippen LogP) is 19.6. The van der Waals surface area contributed by atoms with Crippen LogP contribution in [0.25, 0.3) is 0 Å². The third-order valence-corrected chi connectivity index (χ3v) is 20.1. The molecular weight excluding hydrogens is 1270 g/mol. The Hall–Kier alpha value is -3.09. The lowest BCUT2D eigenvalue weighted by Crippen LogP contribution is -2.65. The lowest BCUT2D eigenvalue weighted by atomic mass is 9.97. The van der Waals surface area contributed by atoms with Crippen molar-refractivity contribution in [2.45, 2.75) is 428 Å². The number of ether oxygens (including phenoxy) is 4. The molecule has 12 unspecified atom stereocenters. The van der Waals surface area contributed by atoms with Gasteiger partial charge in [-0.15, -0.1) is 0 Å². The van der Waals surface area contributed by atoms with Crippen LogP contribution >= 0.6 is 0 Å². The monoisotopic (exact) mass is 1420 g/mol. The number of allylic oxidation sites excluding steroid dienone is 16. The second-order valence-electron chi connectivity index (χ2n) is 29.2. The van der Waals surface area contributed by atoms with E-state index in [9.17, 15) is 45.6 Å². The molecule has 2 aliphatic heterocycles. The number of aliphatic hydroxyl groups is 8. The summed E-state index contributed by atoms with van der Waals surface area (Å²) in [5.41, 5.74) is 0. The first-order valence-corrected chi connectivity index (χ1v) is 42.0. The molecule has 0 aromatic carbocycles. The fourth-order valence-electron chi connectivity index (χ4n) is 13.5. The molecule has 2 aliphatic rings. The van der Waals surface area contributed by atoms with Crippen LogP contribution in [0.4, 0.5) is 0 Å². The Morgan fingerprint density at radius 2 is 0.683 bits per heavy atom. The second kappa shape index (κ2) is 69.9. The maximum absolute atomic E-state index is 13.4. The summed E-state index contributed by atoms with van der Waals surface area (Å²) in [5, 5.41) is 88.0. The Bertz CT molecular complexity index is 2070. The number of carbonyl (C=O) groups is 1. The van der Waals surface area contributed by atoms with E-state index in [-0.39, 0.29) is 12.5 Å². The number of hydrogen-bond donors (Lipinski definition) is 9. The van der Waals surface area contributed by atoms with Crippen LogP contribution in [0, 0.1) is 0 Å². The van der Waals surface area contributed by atoms with Crippen LogP contribution in [-0.2, 0) is 23.7 Å². The number of amides is 1. The zero-order chi connectivity index (χ0) is 73.0. The highest BCUT2D eigenvalue weighted by atomic mass is 16.7. The highest BCUT2D eigenvalue weighted by Gasteiger charge is 2.51.